The zero-order chi connectivity index (χ0) is 12.6. The first kappa shape index (κ1) is 11.3. The predicted molar refractivity (Wildman–Crippen MR) is 65.4 cm³/mol. The van der Waals surface area contributed by atoms with Crippen molar-refractivity contribution >= 4 is 23.2 Å². The van der Waals surface area contributed by atoms with Gasteiger partial charge in [-0.15, -0.1) is 0 Å². The number of ether oxygens (including phenoxy) is 1. The van der Waals surface area contributed by atoms with Crippen molar-refractivity contribution in [1.29, 1.82) is 0 Å². The molecule has 0 saturated carbocycles. The molecule has 0 spiro atoms. The molecule has 1 atom stereocenters. The summed E-state index contributed by atoms with van der Waals surface area (Å²) in [6.45, 7) is 1.71. The summed E-state index contributed by atoms with van der Waals surface area (Å²) in [6, 6.07) is 5.18. The third-order valence-electron chi connectivity index (χ3n) is 2.54. The second kappa shape index (κ2) is 3.97. The number of amides is 1. The summed E-state index contributed by atoms with van der Waals surface area (Å²) in [5.41, 5.74) is 11.8. The van der Waals surface area contributed by atoms with Crippen LogP contribution in [0.5, 0.6) is 5.75 Å². The number of nitrogens with two attached hydrogens (primary N) is 2. The molecule has 6 heteroatoms. The van der Waals surface area contributed by atoms with Gasteiger partial charge in [0.25, 0.3) is 5.91 Å². The number of nitrogens with zero attached hydrogens (tertiary/aromatic N) is 2. The molecule has 90 valence electrons. The van der Waals surface area contributed by atoms with Gasteiger partial charge in [-0.1, -0.05) is 0 Å². The minimum atomic E-state index is -0.471. The molecule has 1 aliphatic heterocycles. The van der Waals surface area contributed by atoms with Gasteiger partial charge in [-0.3, -0.25) is 4.79 Å². The Labute approximate surface area is 98.9 Å². The first-order valence-electron chi connectivity index (χ1n) is 5.17. The number of benzene rings is 1. The molecule has 0 aromatic heterocycles. The van der Waals surface area contributed by atoms with Crippen molar-refractivity contribution in [3.05, 3.63) is 18.2 Å². The summed E-state index contributed by atoms with van der Waals surface area (Å²) in [6.07, 6.45) is -0.471. The van der Waals surface area contributed by atoms with E-state index in [9.17, 15) is 4.79 Å². The van der Waals surface area contributed by atoms with E-state index in [2.05, 4.69) is 4.99 Å². The molecule has 1 unspecified atom stereocenters. The maximum atomic E-state index is 11.7. The van der Waals surface area contributed by atoms with Gasteiger partial charge in [0, 0.05) is 7.05 Å². The fraction of sp³-hybridized carbons (Fsp3) is 0.273. The van der Waals surface area contributed by atoms with Gasteiger partial charge in [-0.2, -0.15) is 0 Å². The van der Waals surface area contributed by atoms with E-state index in [-0.39, 0.29) is 11.9 Å². The molecule has 1 aliphatic rings. The summed E-state index contributed by atoms with van der Waals surface area (Å²) >= 11 is 0. The molecule has 1 amide bonds. The first-order chi connectivity index (χ1) is 7.99. The van der Waals surface area contributed by atoms with Crippen molar-refractivity contribution in [3.8, 4) is 5.75 Å². The van der Waals surface area contributed by atoms with Crippen LogP contribution in [0.15, 0.2) is 23.2 Å². The third-order valence-corrected chi connectivity index (χ3v) is 2.54. The Kier molecular flexibility index (Phi) is 2.63. The predicted octanol–water partition coefficient (Wildman–Crippen LogP) is 0.335. The zero-order valence-electron chi connectivity index (χ0n) is 9.68. The molecule has 0 aliphatic carbocycles. The van der Waals surface area contributed by atoms with Gasteiger partial charge < -0.3 is 21.1 Å². The Morgan fingerprint density at radius 2 is 2.18 bits per heavy atom. The molecule has 1 aromatic rings. The lowest BCUT2D eigenvalue weighted by Crippen LogP contribution is -2.41. The highest BCUT2D eigenvalue weighted by molar-refractivity contribution is 5.99. The molecule has 6 nitrogen and oxygen atoms in total. The number of guanidine groups is 1. The van der Waals surface area contributed by atoms with E-state index in [1.54, 1.807) is 32.2 Å². The Morgan fingerprint density at radius 3 is 2.82 bits per heavy atom. The Morgan fingerprint density at radius 1 is 1.47 bits per heavy atom. The van der Waals surface area contributed by atoms with Crippen LogP contribution in [0.2, 0.25) is 0 Å². The van der Waals surface area contributed by atoms with Gasteiger partial charge in [-0.05, 0) is 25.1 Å². The number of anilines is 1. The molecule has 1 heterocycles. The topological polar surface area (TPSA) is 93.9 Å². The highest BCUT2D eigenvalue weighted by atomic mass is 16.5. The van der Waals surface area contributed by atoms with Gasteiger partial charge >= 0.3 is 0 Å². The molecule has 2 rings (SSSR count). The van der Waals surface area contributed by atoms with E-state index < -0.39 is 6.10 Å². The van der Waals surface area contributed by atoms with E-state index in [1.807, 2.05) is 0 Å². The summed E-state index contributed by atoms with van der Waals surface area (Å²) in [4.78, 5) is 17.2. The zero-order valence-corrected chi connectivity index (χ0v) is 9.68. The summed E-state index contributed by atoms with van der Waals surface area (Å²) < 4.78 is 5.47. The lowest BCUT2D eigenvalue weighted by atomic mass is 10.2. The van der Waals surface area contributed by atoms with Crippen LogP contribution in [-0.4, -0.2) is 25.0 Å². The highest BCUT2D eigenvalue weighted by Gasteiger charge is 2.28. The quantitative estimate of drug-likeness (QED) is 0.541. The lowest BCUT2D eigenvalue weighted by molar-refractivity contribution is -0.125. The number of fused-ring (bicyclic) bond motifs is 1. The first-order valence-corrected chi connectivity index (χ1v) is 5.17. The Bertz CT molecular complexity index is 494. The SMILES string of the molecule is CC1Oc2ccc(N=C(N)N)cc2N(C)C1=O. The number of carbonyl (C=O) groups excluding carboxylic acids is 1. The van der Waals surface area contributed by atoms with Gasteiger partial charge in [-0.25, -0.2) is 4.99 Å². The molecular weight excluding hydrogens is 220 g/mol. The van der Waals surface area contributed by atoms with Crippen LogP contribution >= 0.6 is 0 Å². The van der Waals surface area contributed by atoms with Gasteiger partial charge in [0.2, 0.25) is 0 Å². The standard InChI is InChI=1S/C11H14N4O2/c1-6-10(16)15(2)8-5-7(14-11(12)13)3-4-9(8)17-6/h3-6H,1-2H3,(H4,12,13,14). The number of hydrogen-bond acceptors (Lipinski definition) is 3. The van der Waals surface area contributed by atoms with Crippen LogP contribution in [0.25, 0.3) is 0 Å². The minimum absolute atomic E-state index is 0.0241. The van der Waals surface area contributed by atoms with Crippen molar-refractivity contribution in [2.24, 2.45) is 16.5 Å². The maximum absolute atomic E-state index is 11.7. The van der Waals surface area contributed by atoms with Crippen LogP contribution in [0.1, 0.15) is 6.92 Å². The van der Waals surface area contributed by atoms with Crippen LogP contribution < -0.4 is 21.1 Å². The second-order valence-corrected chi connectivity index (χ2v) is 3.85. The fourth-order valence-electron chi connectivity index (χ4n) is 1.72. The molecule has 0 fully saturated rings. The summed E-state index contributed by atoms with van der Waals surface area (Å²) in [5.74, 6) is 0.525. The van der Waals surface area contributed by atoms with Gasteiger partial charge in [0.15, 0.2) is 12.1 Å². The number of likely N-dealkylation sites (N-methyl/N-ethyl adjacent to an activating group) is 1. The van der Waals surface area contributed by atoms with Crippen LogP contribution in [-0.2, 0) is 4.79 Å². The summed E-state index contributed by atoms with van der Waals surface area (Å²) in [7, 11) is 1.69. The summed E-state index contributed by atoms with van der Waals surface area (Å²) in [5, 5.41) is 0. The molecule has 17 heavy (non-hydrogen) atoms. The number of hydrogen-bond donors (Lipinski definition) is 2. The van der Waals surface area contributed by atoms with Crippen molar-refractivity contribution in [2.75, 3.05) is 11.9 Å². The van der Waals surface area contributed by atoms with Crippen LogP contribution in [0, 0.1) is 0 Å². The molecule has 0 bridgehead atoms. The second-order valence-electron chi connectivity index (χ2n) is 3.85. The minimum Gasteiger partial charge on any atom is -0.479 e. The molecule has 4 N–H and O–H groups in total. The average molecular weight is 234 g/mol. The fourth-order valence-corrected chi connectivity index (χ4v) is 1.72. The third kappa shape index (κ3) is 2.01. The van der Waals surface area contributed by atoms with E-state index in [4.69, 9.17) is 16.2 Å². The number of carbonyl (C=O) groups is 1. The van der Waals surface area contributed by atoms with Crippen LogP contribution in [0.4, 0.5) is 11.4 Å². The molecule has 0 saturated heterocycles. The molecule has 1 aromatic carbocycles. The maximum Gasteiger partial charge on any atom is 0.267 e. The smallest absolute Gasteiger partial charge is 0.267 e. The van der Waals surface area contributed by atoms with Crippen molar-refractivity contribution < 1.29 is 9.53 Å². The monoisotopic (exact) mass is 234 g/mol. The van der Waals surface area contributed by atoms with E-state index in [0.29, 0.717) is 17.1 Å². The highest BCUT2D eigenvalue weighted by Crippen LogP contribution is 2.36. The Hall–Kier alpha value is -2.24. The van der Waals surface area contributed by atoms with E-state index in [1.165, 1.54) is 4.90 Å². The Balaban J connectivity index is 2.45. The normalized spacial score (nSPS) is 18.4. The average Bonchev–Trinajstić information content (AvgIpc) is 2.26. The molecule has 0 radical (unpaired) electrons. The largest absolute Gasteiger partial charge is 0.479 e. The van der Waals surface area contributed by atoms with Crippen molar-refractivity contribution in [3.63, 3.8) is 0 Å². The van der Waals surface area contributed by atoms with Crippen molar-refractivity contribution in [1.82, 2.24) is 0 Å². The van der Waals surface area contributed by atoms with Crippen molar-refractivity contribution in [2.45, 2.75) is 13.0 Å². The van der Waals surface area contributed by atoms with Gasteiger partial charge in [0.1, 0.15) is 5.75 Å². The lowest BCUT2D eigenvalue weighted by Gasteiger charge is -2.30. The molecular formula is C11H14N4O2. The van der Waals surface area contributed by atoms with Gasteiger partial charge in [0.05, 0.1) is 11.4 Å². The number of aliphatic imine (C=N–C) groups is 1. The number of rotatable bonds is 1. The van der Waals surface area contributed by atoms with E-state index in [0.717, 1.165) is 0 Å². The van der Waals surface area contributed by atoms with E-state index >= 15 is 0 Å². The van der Waals surface area contributed by atoms with Crippen LogP contribution in [0.3, 0.4) is 0 Å².